The zero-order chi connectivity index (χ0) is 20.2. The maximum absolute atomic E-state index is 12.3. The Balaban J connectivity index is 1.37. The molecule has 4 nitrogen and oxygen atoms in total. The number of carbonyl (C=O) groups excluding carboxylic acids is 2. The van der Waals surface area contributed by atoms with Gasteiger partial charge in [-0.2, -0.15) is 0 Å². The second-order valence-corrected chi connectivity index (χ2v) is 12.0. The number of ether oxygens (including phenoxy) is 1. The van der Waals surface area contributed by atoms with E-state index >= 15 is 0 Å². The summed E-state index contributed by atoms with van der Waals surface area (Å²) in [5.41, 5.74) is -0.717. The molecule has 0 amide bonds. The van der Waals surface area contributed by atoms with Gasteiger partial charge in [0.1, 0.15) is 18.2 Å². The molecule has 5 unspecified atom stereocenters. The van der Waals surface area contributed by atoms with Crippen molar-refractivity contribution in [3.8, 4) is 0 Å². The zero-order valence-electron chi connectivity index (χ0n) is 17.9. The summed E-state index contributed by atoms with van der Waals surface area (Å²) in [7, 11) is 0. The minimum Gasteiger partial charge on any atom is -0.389 e. The number of carbonyl (C=O) groups is 2. The monoisotopic (exact) mass is 400 g/mol. The molecule has 0 spiro atoms. The minimum atomic E-state index is -0.761. The Morgan fingerprint density at radius 1 is 1.07 bits per heavy atom. The van der Waals surface area contributed by atoms with Gasteiger partial charge in [0.2, 0.25) is 0 Å². The first-order chi connectivity index (χ1) is 13.8. The fourth-order valence-corrected chi connectivity index (χ4v) is 9.21. The quantitative estimate of drug-likeness (QED) is 0.729. The van der Waals surface area contributed by atoms with Crippen molar-refractivity contribution < 1.29 is 19.4 Å². The Labute approximate surface area is 174 Å². The second kappa shape index (κ2) is 5.94. The summed E-state index contributed by atoms with van der Waals surface area (Å²) in [6.45, 7) is 4.79. The van der Waals surface area contributed by atoms with E-state index in [0.717, 1.165) is 50.7 Å². The lowest BCUT2D eigenvalue weighted by Crippen LogP contribution is -2.65. The molecule has 1 N–H and O–H groups in total. The van der Waals surface area contributed by atoms with Gasteiger partial charge in [0.05, 0.1) is 11.7 Å². The third-order valence-corrected chi connectivity index (χ3v) is 10.8. The van der Waals surface area contributed by atoms with Gasteiger partial charge in [-0.15, -0.1) is 0 Å². The van der Waals surface area contributed by atoms with Crippen LogP contribution in [0.2, 0.25) is 0 Å². The molecule has 29 heavy (non-hydrogen) atoms. The minimum absolute atomic E-state index is 0.112. The van der Waals surface area contributed by atoms with Crippen LogP contribution in [0.25, 0.3) is 0 Å². The maximum atomic E-state index is 12.3. The van der Waals surface area contributed by atoms with E-state index in [9.17, 15) is 14.7 Å². The average molecular weight is 401 g/mol. The molecule has 0 aromatic heterocycles. The lowest BCUT2D eigenvalue weighted by Gasteiger charge is -2.64. The number of fused-ring (bicyclic) bond motifs is 6. The topological polar surface area (TPSA) is 63.6 Å². The Hall–Kier alpha value is -0.740. The van der Waals surface area contributed by atoms with Gasteiger partial charge in [-0.3, -0.25) is 4.79 Å². The highest BCUT2D eigenvalue weighted by atomic mass is 16.5. The van der Waals surface area contributed by atoms with Crippen LogP contribution in [0, 0.1) is 46.3 Å². The molecule has 5 saturated carbocycles. The van der Waals surface area contributed by atoms with E-state index in [0.29, 0.717) is 42.4 Å². The fourth-order valence-electron chi connectivity index (χ4n) is 9.21. The Morgan fingerprint density at radius 2 is 1.86 bits per heavy atom. The number of Topliss-reactive ketones (excluding diaryl/α,β-unsaturated/α-hetero) is 1. The van der Waals surface area contributed by atoms with Crippen LogP contribution in [0.15, 0.2) is 0 Å². The normalized spacial score (nSPS) is 58.9. The number of hydrogen-bond acceptors (Lipinski definition) is 4. The van der Waals surface area contributed by atoms with Crippen molar-refractivity contribution in [2.75, 3.05) is 0 Å². The van der Waals surface area contributed by atoms with Gasteiger partial charge in [0.15, 0.2) is 0 Å². The Kier molecular flexibility index (Phi) is 3.89. The fraction of sp³-hybridized carbons (Fsp3) is 0.920. The van der Waals surface area contributed by atoms with Crippen LogP contribution in [-0.2, 0) is 14.3 Å². The molecular weight excluding hydrogens is 364 g/mol. The van der Waals surface area contributed by atoms with Crippen LogP contribution >= 0.6 is 0 Å². The molecule has 0 radical (unpaired) electrons. The summed E-state index contributed by atoms with van der Waals surface area (Å²) in [5, 5.41) is 11.8. The summed E-state index contributed by atoms with van der Waals surface area (Å²) in [4.78, 5) is 23.6. The van der Waals surface area contributed by atoms with Gasteiger partial charge in [-0.25, -0.2) is 0 Å². The molecule has 10 atom stereocenters. The number of aldehydes is 1. The third kappa shape index (κ3) is 2.39. The predicted molar refractivity (Wildman–Crippen MR) is 108 cm³/mol. The highest BCUT2D eigenvalue weighted by Gasteiger charge is 2.75. The molecule has 5 aliphatic carbocycles. The molecule has 6 fully saturated rings. The molecule has 6 rings (SSSR count). The van der Waals surface area contributed by atoms with Gasteiger partial charge < -0.3 is 14.6 Å². The van der Waals surface area contributed by atoms with Gasteiger partial charge in [-0.05, 0) is 92.3 Å². The van der Waals surface area contributed by atoms with E-state index in [1.54, 1.807) is 0 Å². The molecule has 0 bridgehead atoms. The largest absolute Gasteiger partial charge is 0.389 e. The van der Waals surface area contributed by atoms with Crippen molar-refractivity contribution in [3.05, 3.63) is 0 Å². The molecule has 0 aromatic rings. The van der Waals surface area contributed by atoms with Gasteiger partial charge in [-0.1, -0.05) is 13.8 Å². The van der Waals surface area contributed by atoms with Crippen LogP contribution in [-0.4, -0.2) is 35.0 Å². The highest BCUT2D eigenvalue weighted by molar-refractivity contribution is 5.81. The Morgan fingerprint density at radius 3 is 2.55 bits per heavy atom. The Bertz CT molecular complexity index is 745. The summed E-state index contributed by atoms with van der Waals surface area (Å²) >= 11 is 0. The highest BCUT2D eigenvalue weighted by Crippen LogP contribution is 2.76. The van der Waals surface area contributed by atoms with Crippen LogP contribution in [0.5, 0.6) is 0 Å². The van der Waals surface area contributed by atoms with E-state index in [-0.39, 0.29) is 28.8 Å². The van der Waals surface area contributed by atoms with E-state index < -0.39 is 5.60 Å². The van der Waals surface area contributed by atoms with Crippen molar-refractivity contribution in [2.24, 2.45) is 46.3 Å². The standard InChI is InChI=1S/C25H36O4/c1-23(20-6-5-16(13-26)29-20)9-8-18-21(22(23)14-3-4-14)17-11-19(17)25(28)12-15(27)7-10-24(18,25)2/h13-14,16-22,28H,3-12H2,1-2H3/t16?,17-,18?,19+,20?,21?,22?,23+,24+,25+/m0/s1. The molecule has 160 valence electrons. The van der Waals surface area contributed by atoms with E-state index in [2.05, 4.69) is 13.8 Å². The molecule has 4 heteroatoms. The second-order valence-electron chi connectivity index (χ2n) is 12.0. The predicted octanol–water partition coefficient (Wildman–Crippen LogP) is 3.93. The summed E-state index contributed by atoms with van der Waals surface area (Å²) in [6, 6.07) is 0. The van der Waals surface area contributed by atoms with Crippen LogP contribution in [0.3, 0.4) is 0 Å². The molecular formula is C25H36O4. The lowest BCUT2D eigenvalue weighted by atomic mass is 9.42. The first kappa shape index (κ1) is 19.0. The maximum Gasteiger partial charge on any atom is 0.148 e. The summed E-state index contributed by atoms with van der Waals surface area (Å²) in [5.74, 6) is 3.85. The van der Waals surface area contributed by atoms with Crippen LogP contribution < -0.4 is 0 Å². The molecule has 6 aliphatic rings. The van der Waals surface area contributed by atoms with E-state index in [1.165, 1.54) is 12.8 Å². The van der Waals surface area contributed by atoms with Gasteiger partial charge in [0, 0.05) is 18.3 Å². The van der Waals surface area contributed by atoms with Crippen molar-refractivity contribution in [3.63, 3.8) is 0 Å². The SMILES string of the molecule is C[C@]1(C2CCC(C=O)O2)CCC2C(C1C1CC1)[C@H]1C[C@H]1[C@]1(O)CC(=O)CC[C@]21C. The number of hydrogen-bond donors (Lipinski definition) is 1. The van der Waals surface area contributed by atoms with Gasteiger partial charge >= 0.3 is 0 Å². The van der Waals surface area contributed by atoms with Gasteiger partial charge in [0.25, 0.3) is 0 Å². The zero-order valence-corrected chi connectivity index (χ0v) is 17.9. The van der Waals surface area contributed by atoms with Crippen molar-refractivity contribution in [2.45, 2.75) is 95.9 Å². The third-order valence-electron chi connectivity index (χ3n) is 10.8. The average Bonchev–Trinajstić information content (AvgIpc) is 3.61. The number of aliphatic hydroxyl groups is 1. The lowest BCUT2D eigenvalue weighted by molar-refractivity contribution is -0.221. The first-order valence-electron chi connectivity index (χ1n) is 12.2. The molecule has 1 saturated heterocycles. The summed E-state index contributed by atoms with van der Waals surface area (Å²) in [6.07, 6.45) is 10.9. The number of ketones is 1. The van der Waals surface area contributed by atoms with Crippen LogP contribution in [0.4, 0.5) is 0 Å². The molecule has 1 heterocycles. The molecule has 1 aliphatic heterocycles. The van der Waals surface area contributed by atoms with Crippen molar-refractivity contribution in [1.82, 2.24) is 0 Å². The van der Waals surface area contributed by atoms with Crippen molar-refractivity contribution in [1.29, 1.82) is 0 Å². The van der Waals surface area contributed by atoms with E-state index in [4.69, 9.17) is 4.74 Å². The molecule has 0 aromatic carbocycles. The number of rotatable bonds is 3. The first-order valence-corrected chi connectivity index (χ1v) is 12.2. The van der Waals surface area contributed by atoms with Crippen molar-refractivity contribution >= 4 is 12.1 Å². The summed E-state index contributed by atoms with van der Waals surface area (Å²) < 4.78 is 6.29. The smallest absolute Gasteiger partial charge is 0.148 e. The van der Waals surface area contributed by atoms with Crippen LogP contribution in [0.1, 0.15) is 78.1 Å². The van der Waals surface area contributed by atoms with E-state index in [1.807, 2.05) is 0 Å².